The number of hydrogen-bond donors (Lipinski definition) is 1. The Morgan fingerprint density at radius 3 is 2.45 bits per heavy atom. The Bertz CT molecular complexity index is 2290. The number of halogens is 3. The van der Waals surface area contributed by atoms with Gasteiger partial charge in [0.2, 0.25) is 6.79 Å². The van der Waals surface area contributed by atoms with Gasteiger partial charge in [-0.25, -0.2) is 9.59 Å². The number of rotatable bonds is 6. The second-order valence-corrected chi connectivity index (χ2v) is 16.2. The van der Waals surface area contributed by atoms with E-state index in [-0.39, 0.29) is 42.7 Å². The van der Waals surface area contributed by atoms with Crippen LogP contribution in [0.15, 0.2) is 42.5 Å². The van der Waals surface area contributed by atoms with E-state index in [1.165, 1.54) is 20.1 Å². The van der Waals surface area contributed by atoms with Crippen molar-refractivity contribution in [2.45, 2.75) is 74.9 Å². The molecule has 3 saturated heterocycles. The minimum absolute atomic E-state index is 0.0989. The van der Waals surface area contributed by atoms with Gasteiger partial charge < -0.3 is 33.7 Å². The van der Waals surface area contributed by atoms with Crippen molar-refractivity contribution in [1.82, 2.24) is 15.1 Å². The number of hydrogen-bond acceptors (Lipinski definition) is 13. The summed E-state index contributed by atoms with van der Waals surface area (Å²) >= 11 is 1.14. The Labute approximate surface area is 334 Å². The molecule has 17 heteroatoms. The number of piperazine rings is 1. The van der Waals surface area contributed by atoms with Gasteiger partial charge in [0, 0.05) is 65.7 Å². The molecule has 0 spiro atoms. The van der Waals surface area contributed by atoms with Crippen molar-refractivity contribution in [3.8, 4) is 28.7 Å². The quantitative estimate of drug-likeness (QED) is 0.188. The zero-order chi connectivity index (χ0) is 40.8. The van der Waals surface area contributed by atoms with E-state index in [4.69, 9.17) is 28.4 Å². The topological polar surface area (TPSA) is 142 Å². The molecule has 0 saturated carbocycles. The Morgan fingerprint density at radius 2 is 1.72 bits per heavy atom. The first-order chi connectivity index (χ1) is 27.8. The highest BCUT2D eigenvalue weighted by molar-refractivity contribution is 7.99. The highest BCUT2D eigenvalue weighted by Gasteiger charge is 2.63. The van der Waals surface area contributed by atoms with Gasteiger partial charge in [-0.3, -0.25) is 19.4 Å². The van der Waals surface area contributed by atoms with Crippen LogP contribution in [0.1, 0.15) is 75.7 Å². The fourth-order valence-electron chi connectivity index (χ4n) is 9.74. The normalized spacial score (nSPS) is 26.7. The number of alkyl halides is 3. The molecule has 0 aliphatic carbocycles. The molecule has 0 aromatic heterocycles. The summed E-state index contributed by atoms with van der Waals surface area (Å²) in [5, 5.41) is 1.12. The Balaban J connectivity index is 1.23. The molecule has 1 N–H and O–H groups in total. The molecule has 3 aromatic carbocycles. The largest absolute Gasteiger partial charge is 0.493 e. The van der Waals surface area contributed by atoms with Crippen LogP contribution in [-0.4, -0.2) is 90.7 Å². The van der Waals surface area contributed by atoms with Crippen LogP contribution in [0.2, 0.25) is 0 Å². The van der Waals surface area contributed by atoms with Gasteiger partial charge in [-0.2, -0.15) is 13.2 Å². The van der Waals surface area contributed by atoms with Gasteiger partial charge in [-0.1, -0.05) is 36.4 Å². The number of benzene rings is 3. The summed E-state index contributed by atoms with van der Waals surface area (Å²) in [6.07, 6.45) is -1.60. The first-order valence-electron chi connectivity index (χ1n) is 18.8. The number of cyclic esters (lactones) is 1. The zero-order valence-electron chi connectivity index (χ0n) is 31.7. The van der Waals surface area contributed by atoms with Gasteiger partial charge in [-0.15, -0.1) is 11.8 Å². The average molecular weight is 822 g/mol. The highest BCUT2D eigenvalue weighted by Crippen LogP contribution is 2.68. The lowest BCUT2D eigenvalue weighted by Crippen LogP contribution is -2.61. The summed E-state index contributed by atoms with van der Waals surface area (Å²) in [6, 6.07) is 7.67. The maximum absolute atomic E-state index is 13.7. The Morgan fingerprint density at radius 1 is 0.966 bits per heavy atom. The molecule has 6 aliphatic rings. The van der Waals surface area contributed by atoms with Crippen molar-refractivity contribution in [1.29, 1.82) is 0 Å². The maximum Gasteiger partial charge on any atom is 0.471 e. The fraction of sp³-hybridized carbons (Fsp3) is 0.415. The lowest BCUT2D eigenvalue weighted by molar-refractivity contribution is -0.176. The summed E-state index contributed by atoms with van der Waals surface area (Å²) in [5.74, 6) is -3.27. The number of carbonyl (C=O) groups excluding carboxylic acids is 4. The molecule has 7 atom stereocenters. The number of methoxy groups -OCH3 is 1. The maximum atomic E-state index is 13.7. The minimum atomic E-state index is -5.25. The molecule has 3 aromatic rings. The molecular formula is C41H38F3N3O10S. The lowest BCUT2D eigenvalue weighted by atomic mass is 9.77. The Kier molecular flexibility index (Phi) is 9.39. The number of nitrogens with zero attached hydrogens (tertiary/aromatic N) is 2. The van der Waals surface area contributed by atoms with E-state index in [1.807, 2.05) is 42.6 Å². The van der Waals surface area contributed by atoms with E-state index in [9.17, 15) is 32.3 Å². The van der Waals surface area contributed by atoms with Gasteiger partial charge in [0.15, 0.2) is 23.0 Å². The molecular weight excluding hydrogens is 784 g/mol. The van der Waals surface area contributed by atoms with Gasteiger partial charge in [0.25, 0.3) is 0 Å². The lowest BCUT2D eigenvalue weighted by Gasteiger charge is -2.56. The van der Waals surface area contributed by atoms with Crippen molar-refractivity contribution in [3.05, 3.63) is 81.4 Å². The molecule has 9 rings (SSSR count). The van der Waals surface area contributed by atoms with Gasteiger partial charge in [0.1, 0.15) is 18.4 Å². The molecule has 4 unspecified atom stereocenters. The van der Waals surface area contributed by atoms with Gasteiger partial charge in [0.05, 0.1) is 24.4 Å². The standard InChI is InChI=1S/C41H38F3N3O10S/c1-18-12-23-25-13-22-14-46(25)31(28(23)37(33(18)52-4)57-27(49)11-10-21-8-6-5-7-9-21)32-38-30-29(36-35(54-17-55-36)19(2)34(30)56-20(3)48)26(47(22)32)15-53-39(50)24(16-58-38)45-40(51)41(42,43)44/h5-12,22,24-26,31-32,38H,13-17H2,1-4H3,(H,45,51)/b11-10+/t22-,24?,25?,26+,31?,32?,38-/m1/s1. The van der Waals surface area contributed by atoms with Crippen molar-refractivity contribution in [2.75, 3.05) is 32.8 Å². The summed E-state index contributed by atoms with van der Waals surface area (Å²) in [6.45, 7) is 5.03. The molecule has 58 heavy (non-hydrogen) atoms. The van der Waals surface area contributed by atoms with E-state index in [2.05, 4.69) is 15.9 Å². The predicted octanol–water partition coefficient (Wildman–Crippen LogP) is 5.57. The third-order valence-electron chi connectivity index (χ3n) is 11.8. The fourth-order valence-corrected chi connectivity index (χ4v) is 11.2. The van der Waals surface area contributed by atoms with Gasteiger partial charge in [-0.05, 0) is 43.0 Å². The number of carbonyl (C=O) groups is 4. The van der Waals surface area contributed by atoms with Crippen LogP contribution >= 0.6 is 11.8 Å². The van der Waals surface area contributed by atoms with Crippen LogP contribution in [0.5, 0.6) is 28.7 Å². The van der Waals surface area contributed by atoms with Crippen LogP contribution in [0.3, 0.4) is 0 Å². The van der Waals surface area contributed by atoms with E-state index in [0.717, 1.165) is 34.0 Å². The third-order valence-corrected chi connectivity index (χ3v) is 13.2. The van der Waals surface area contributed by atoms with Crippen molar-refractivity contribution in [2.24, 2.45) is 0 Å². The first kappa shape index (κ1) is 38.3. The Hall–Kier alpha value is -5.26. The van der Waals surface area contributed by atoms with Crippen LogP contribution < -0.4 is 29.0 Å². The number of ether oxygens (including phenoxy) is 6. The summed E-state index contributed by atoms with van der Waals surface area (Å²) in [5.41, 5.74) is 4.86. The first-order valence-corrected chi connectivity index (χ1v) is 19.8. The minimum Gasteiger partial charge on any atom is -0.493 e. The number of esters is 3. The number of nitrogens with one attached hydrogen (secondary N) is 1. The van der Waals surface area contributed by atoms with Crippen LogP contribution in [0.25, 0.3) is 6.08 Å². The average Bonchev–Trinajstić information content (AvgIpc) is 3.89. The van der Waals surface area contributed by atoms with E-state index >= 15 is 0 Å². The summed E-state index contributed by atoms with van der Waals surface area (Å²) < 4.78 is 76.7. The van der Waals surface area contributed by atoms with Crippen molar-refractivity contribution >= 4 is 41.7 Å². The molecule has 4 bridgehead atoms. The highest BCUT2D eigenvalue weighted by atomic mass is 32.2. The SMILES string of the molecule is COc1c(C)cc2c(c1OC(=O)/C=C/c1ccccc1)C1C3[C@@H]4SCC(NC(=O)C(F)(F)F)C(=O)OC[C@@H](c5c6c(c(C)c(OC(C)=O)c54)OCO6)N3[C@@H]3CC2N1C3. The molecule has 0 radical (unpaired) electrons. The van der Waals surface area contributed by atoms with E-state index < -0.39 is 59.4 Å². The number of thioether (sulfide) groups is 1. The molecule has 13 nitrogen and oxygen atoms in total. The zero-order valence-corrected chi connectivity index (χ0v) is 32.5. The van der Waals surface area contributed by atoms with Crippen molar-refractivity contribution < 1.29 is 60.8 Å². The molecule has 1 amide bonds. The second-order valence-electron chi connectivity index (χ2n) is 15.1. The van der Waals surface area contributed by atoms with Gasteiger partial charge >= 0.3 is 30.0 Å². The van der Waals surface area contributed by atoms with Crippen LogP contribution in [-0.2, 0) is 23.9 Å². The smallest absolute Gasteiger partial charge is 0.471 e. The summed E-state index contributed by atoms with van der Waals surface area (Å²) in [4.78, 5) is 56.9. The second kappa shape index (κ2) is 14.2. The van der Waals surface area contributed by atoms with Crippen LogP contribution in [0.4, 0.5) is 13.2 Å². The number of amides is 1. The molecule has 6 heterocycles. The third kappa shape index (κ3) is 6.08. The van der Waals surface area contributed by atoms with Crippen LogP contribution in [0, 0.1) is 13.8 Å². The monoisotopic (exact) mass is 821 g/mol. The van der Waals surface area contributed by atoms with E-state index in [1.54, 1.807) is 13.0 Å². The molecule has 304 valence electrons. The summed E-state index contributed by atoms with van der Waals surface area (Å²) in [7, 11) is 1.50. The number of aryl methyl sites for hydroxylation is 1. The van der Waals surface area contributed by atoms with Crippen molar-refractivity contribution in [3.63, 3.8) is 0 Å². The van der Waals surface area contributed by atoms with E-state index in [0.29, 0.717) is 46.9 Å². The molecule has 3 fully saturated rings. The molecule has 6 aliphatic heterocycles. The predicted molar refractivity (Wildman–Crippen MR) is 201 cm³/mol. The number of fused-ring (bicyclic) bond motifs is 9.